The van der Waals surface area contributed by atoms with Gasteiger partial charge < -0.3 is 15.0 Å². The highest BCUT2D eigenvalue weighted by Gasteiger charge is 2.20. The molecule has 0 unspecified atom stereocenters. The first kappa shape index (κ1) is 15.0. The van der Waals surface area contributed by atoms with Crippen LogP contribution in [-0.4, -0.2) is 24.0 Å². The molecule has 4 heteroatoms. The minimum atomic E-state index is -0.0459. The number of hydrogen-bond donors (Lipinski definition) is 1. The van der Waals surface area contributed by atoms with Crippen molar-refractivity contribution in [2.24, 2.45) is 0 Å². The average molecular weight is 320 g/mol. The molecule has 1 N–H and O–H groups in total. The second kappa shape index (κ2) is 6.49. The summed E-state index contributed by atoms with van der Waals surface area (Å²) < 4.78 is 5.42. The molecule has 0 radical (unpaired) electrons. The molecule has 0 bridgehead atoms. The molecule has 0 spiro atoms. The van der Waals surface area contributed by atoms with Gasteiger partial charge in [0, 0.05) is 18.8 Å². The normalized spacial score (nSPS) is 16.5. The minimum absolute atomic E-state index is 0.0459. The zero-order valence-corrected chi connectivity index (χ0v) is 13.5. The summed E-state index contributed by atoms with van der Waals surface area (Å²) in [5.74, 6) is 0. The monoisotopic (exact) mass is 320 g/mol. The van der Waals surface area contributed by atoms with Crippen molar-refractivity contribution in [3.05, 3.63) is 71.3 Å². The Bertz CT molecular complexity index is 783. The molecule has 2 aromatic carbocycles. The van der Waals surface area contributed by atoms with E-state index >= 15 is 0 Å². The number of nitrogens with one attached hydrogen (secondary N) is 1. The third-order valence-corrected chi connectivity index (χ3v) is 4.56. The van der Waals surface area contributed by atoms with Gasteiger partial charge >= 0.3 is 6.03 Å². The van der Waals surface area contributed by atoms with Crippen LogP contribution in [0.5, 0.6) is 0 Å². The second-order valence-electron chi connectivity index (χ2n) is 6.21. The zero-order valence-electron chi connectivity index (χ0n) is 13.5. The number of hydrogen-bond acceptors (Lipinski definition) is 2. The SMILES string of the molecule is O=C(Nc1ccc2c(c1)COC2)N1CCC=C(c2ccccc2)C1. The maximum absolute atomic E-state index is 12.6. The zero-order chi connectivity index (χ0) is 16.4. The largest absolute Gasteiger partial charge is 0.372 e. The number of fused-ring (bicyclic) bond motifs is 1. The lowest BCUT2D eigenvalue weighted by atomic mass is 10.0. The molecule has 2 aromatic rings. The average Bonchev–Trinajstić information content (AvgIpc) is 3.10. The number of benzene rings is 2. The Balaban J connectivity index is 1.44. The predicted molar refractivity (Wildman–Crippen MR) is 94.6 cm³/mol. The standard InChI is InChI=1S/C20H20N2O2/c23-20(21-19-9-8-17-13-24-14-18(17)11-19)22-10-4-7-16(12-22)15-5-2-1-3-6-15/h1-3,5-9,11H,4,10,12-14H2,(H,21,23). The summed E-state index contributed by atoms with van der Waals surface area (Å²) in [6.07, 6.45) is 3.11. The number of anilines is 1. The van der Waals surface area contributed by atoms with Gasteiger partial charge in [0.15, 0.2) is 0 Å². The van der Waals surface area contributed by atoms with Gasteiger partial charge in [0.1, 0.15) is 0 Å². The molecule has 0 aromatic heterocycles. The van der Waals surface area contributed by atoms with Gasteiger partial charge in [-0.15, -0.1) is 0 Å². The predicted octanol–water partition coefficient (Wildman–Crippen LogP) is 4.04. The molecule has 0 fully saturated rings. The number of ether oxygens (including phenoxy) is 1. The summed E-state index contributed by atoms with van der Waals surface area (Å²) in [6.45, 7) is 2.69. The van der Waals surface area contributed by atoms with Gasteiger partial charge in [0.2, 0.25) is 0 Å². The van der Waals surface area contributed by atoms with Gasteiger partial charge in [-0.25, -0.2) is 4.79 Å². The van der Waals surface area contributed by atoms with E-state index in [4.69, 9.17) is 4.74 Å². The molecule has 4 nitrogen and oxygen atoms in total. The Morgan fingerprint density at radius 2 is 1.88 bits per heavy atom. The molecule has 0 aliphatic carbocycles. The van der Waals surface area contributed by atoms with Gasteiger partial charge in [-0.2, -0.15) is 0 Å². The van der Waals surface area contributed by atoms with Crippen molar-refractivity contribution in [1.29, 1.82) is 0 Å². The lowest BCUT2D eigenvalue weighted by Crippen LogP contribution is -2.38. The van der Waals surface area contributed by atoms with Crippen LogP contribution in [0.1, 0.15) is 23.1 Å². The third kappa shape index (κ3) is 3.05. The Kier molecular flexibility index (Phi) is 4.05. The van der Waals surface area contributed by atoms with Crippen molar-refractivity contribution in [3.63, 3.8) is 0 Å². The highest BCUT2D eigenvalue weighted by molar-refractivity contribution is 5.91. The van der Waals surface area contributed by atoms with Gasteiger partial charge in [-0.05, 0) is 40.8 Å². The molecular formula is C20H20N2O2. The second-order valence-corrected chi connectivity index (χ2v) is 6.21. The van der Waals surface area contributed by atoms with Gasteiger partial charge in [0.05, 0.1) is 13.2 Å². The molecule has 122 valence electrons. The van der Waals surface area contributed by atoms with Gasteiger partial charge in [-0.3, -0.25) is 0 Å². The van der Waals surface area contributed by atoms with Gasteiger partial charge in [0.25, 0.3) is 0 Å². The lowest BCUT2D eigenvalue weighted by Gasteiger charge is -2.28. The van der Waals surface area contributed by atoms with Crippen molar-refractivity contribution in [3.8, 4) is 0 Å². The molecule has 24 heavy (non-hydrogen) atoms. The van der Waals surface area contributed by atoms with Crippen molar-refractivity contribution in [2.45, 2.75) is 19.6 Å². The lowest BCUT2D eigenvalue weighted by molar-refractivity contribution is 0.134. The fraction of sp³-hybridized carbons (Fsp3) is 0.250. The Morgan fingerprint density at radius 1 is 1.04 bits per heavy atom. The first-order valence-corrected chi connectivity index (χ1v) is 8.29. The van der Waals surface area contributed by atoms with Crippen LogP contribution in [0.2, 0.25) is 0 Å². The summed E-state index contributed by atoms with van der Waals surface area (Å²) in [5.41, 5.74) is 5.60. The van der Waals surface area contributed by atoms with Gasteiger partial charge in [-0.1, -0.05) is 42.5 Å². The fourth-order valence-corrected chi connectivity index (χ4v) is 3.23. The van der Waals surface area contributed by atoms with Crippen LogP contribution >= 0.6 is 0 Å². The van der Waals surface area contributed by atoms with Crippen molar-refractivity contribution in [1.82, 2.24) is 4.90 Å². The highest BCUT2D eigenvalue weighted by Crippen LogP contribution is 2.24. The van der Waals surface area contributed by atoms with Crippen LogP contribution in [-0.2, 0) is 18.0 Å². The van der Waals surface area contributed by atoms with Crippen LogP contribution in [0.4, 0.5) is 10.5 Å². The summed E-state index contributed by atoms with van der Waals surface area (Å²) in [4.78, 5) is 14.5. The fourth-order valence-electron chi connectivity index (χ4n) is 3.23. The van der Waals surface area contributed by atoms with Crippen molar-refractivity contribution < 1.29 is 9.53 Å². The number of rotatable bonds is 2. The maximum atomic E-state index is 12.6. The van der Waals surface area contributed by atoms with E-state index in [1.165, 1.54) is 16.7 Å². The first-order chi connectivity index (χ1) is 11.8. The molecule has 2 amide bonds. The molecule has 2 heterocycles. The maximum Gasteiger partial charge on any atom is 0.322 e. The Labute approximate surface area is 141 Å². The van der Waals surface area contributed by atoms with Crippen LogP contribution in [0.3, 0.4) is 0 Å². The van der Waals surface area contributed by atoms with E-state index < -0.39 is 0 Å². The summed E-state index contributed by atoms with van der Waals surface area (Å²) in [6, 6.07) is 16.2. The Morgan fingerprint density at radius 3 is 2.75 bits per heavy atom. The van der Waals surface area contributed by atoms with Crippen molar-refractivity contribution in [2.75, 3.05) is 18.4 Å². The van der Waals surface area contributed by atoms with E-state index in [1.54, 1.807) is 0 Å². The number of nitrogens with zero attached hydrogens (tertiary/aromatic N) is 1. The number of carbonyl (C=O) groups is 1. The Hall–Kier alpha value is -2.59. The molecule has 0 saturated heterocycles. The van der Waals surface area contributed by atoms with Crippen molar-refractivity contribution >= 4 is 17.3 Å². The molecule has 2 aliphatic heterocycles. The quantitative estimate of drug-likeness (QED) is 0.907. The third-order valence-electron chi connectivity index (χ3n) is 4.56. The smallest absolute Gasteiger partial charge is 0.322 e. The summed E-state index contributed by atoms with van der Waals surface area (Å²) in [5, 5.41) is 3.02. The van der Waals surface area contributed by atoms with E-state index in [0.29, 0.717) is 19.8 Å². The van der Waals surface area contributed by atoms with E-state index in [-0.39, 0.29) is 6.03 Å². The van der Waals surface area contributed by atoms with Crippen LogP contribution in [0, 0.1) is 0 Å². The topological polar surface area (TPSA) is 41.6 Å². The number of urea groups is 1. The number of carbonyl (C=O) groups excluding carboxylic acids is 1. The summed E-state index contributed by atoms with van der Waals surface area (Å²) in [7, 11) is 0. The van der Waals surface area contributed by atoms with E-state index in [0.717, 1.165) is 24.2 Å². The van der Waals surface area contributed by atoms with Crippen LogP contribution < -0.4 is 5.32 Å². The highest BCUT2D eigenvalue weighted by atomic mass is 16.5. The van der Waals surface area contributed by atoms with Crippen LogP contribution in [0.15, 0.2) is 54.6 Å². The molecule has 0 saturated carbocycles. The molecule has 2 aliphatic rings. The van der Waals surface area contributed by atoms with E-state index in [9.17, 15) is 4.79 Å². The summed E-state index contributed by atoms with van der Waals surface area (Å²) >= 11 is 0. The molecule has 4 rings (SSSR count). The first-order valence-electron chi connectivity index (χ1n) is 8.29. The number of amides is 2. The molecular weight excluding hydrogens is 300 g/mol. The molecule has 0 atom stereocenters. The van der Waals surface area contributed by atoms with Crippen LogP contribution in [0.25, 0.3) is 5.57 Å². The minimum Gasteiger partial charge on any atom is -0.372 e. The van der Waals surface area contributed by atoms with E-state index in [1.807, 2.05) is 41.3 Å². The van der Waals surface area contributed by atoms with E-state index in [2.05, 4.69) is 23.5 Å².